The van der Waals surface area contributed by atoms with Gasteiger partial charge in [-0.15, -0.1) is 0 Å². The molecule has 0 amide bonds. The van der Waals surface area contributed by atoms with E-state index in [9.17, 15) is 0 Å². The standard InChI is InChI=1S/C14H17NO/c1-9-10(2)14(15-11(9)3)12-5-7-13(16-4)8-6-12/h5-8,15H,1-4H3. The summed E-state index contributed by atoms with van der Waals surface area (Å²) < 4.78 is 5.15. The summed E-state index contributed by atoms with van der Waals surface area (Å²) in [6, 6.07) is 8.13. The van der Waals surface area contributed by atoms with E-state index < -0.39 is 0 Å². The topological polar surface area (TPSA) is 25.0 Å². The summed E-state index contributed by atoms with van der Waals surface area (Å²) in [6.07, 6.45) is 0. The van der Waals surface area contributed by atoms with Gasteiger partial charge in [0, 0.05) is 11.4 Å². The Bertz CT molecular complexity index is 494. The molecule has 16 heavy (non-hydrogen) atoms. The fourth-order valence-corrected chi connectivity index (χ4v) is 1.89. The summed E-state index contributed by atoms with van der Waals surface area (Å²) in [5.41, 5.74) is 6.31. The molecular formula is C14H17NO. The van der Waals surface area contributed by atoms with Gasteiger partial charge in [-0.05, 0) is 61.7 Å². The zero-order chi connectivity index (χ0) is 11.7. The third kappa shape index (κ3) is 1.71. The molecule has 2 nitrogen and oxygen atoms in total. The van der Waals surface area contributed by atoms with Gasteiger partial charge >= 0.3 is 0 Å². The van der Waals surface area contributed by atoms with Crippen molar-refractivity contribution >= 4 is 0 Å². The minimum absolute atomic E-state index is 0.890. The second-order valence-corrected chi connectivity index (χ2v) is 4.10. The molecule has 0 aliphatic heterocycles. The van der Waals surface area contributed by atoms with Crippen LogP contribution in [0.5, 0.6) is 5.75 Å². The smallest absolute Gasteiger partial charge is 0.118 e. The molecule has 2 rings (SSSR count). The maximum Gasteiger partial charge on any atom is 0.118 e. The first-order valence-corrected chi connectivity index (χ1v) is 5.43. The molecule has 0 saturated carbocycles. The molecule has 2 aromatic rings. The summed E-state index contributed by atoms with van der Waals surface area (Å²) in [6.45, 7) is 6.40. The van der Waals surface area contributed by atoms with Gasteiger partial charge in [0.25, 0.3) is 0 Å². The van der Waals surface area contributed by atoms with Gasteiger partial charge in [0.2, 0.25) is 0 Å². The highest BCUT2D eigenvalue weighted by atomic mass is 16.5. The summed E-state index contributed by atoms with van der Waals surface area (Å²) in [5.74, 6) is 0.890. The van der Waals surface area contributed by atoms with E-state index in [1.165, 1.54) is 28.1 Å². The van der Waals surface area contributed by atoms with Crippen LogP contribution >= 0.6 is 0 Å². The Morgan fingerprint density at radius 1 is 0.938 bits per heavy atom. The van der Waals surface area contributed by atoms with Crippen molar-refractivity contribution in [1.82, 2.24) is 4.98 Å². The van der Waals surface area contributed by atoms with Gasteiger partial charge < -0.3 is 9.72 Å². The van der Waals surface area contributed by atoms with Gasteiger partial charge in [0.1, 0.15) is 5.75 Å². The van der Waals surface area contributed by atoms with E-state index in [2.05, 4.69) is 37.9 Å². The Hall–Kier alpha value is -1.70. The minimum atomic E-state index is 0.890. The van der Waals surface area contributed by atoms with E-state index in [0.717, 1.165) is 5.75 Å². The normalized spacial score (nSPS) is 10.5. The van der Waals surface area contributed by atoms with Crippen LogP contribution in [0.4, 0.5) is 0 Å². The molecule has 0 bridgehead atoms. The summed E-state index contributed by atoms with van der Waals surface area (Å²) in [4.78, 5) is 3.43. The second kappa shape index (κ2) is 4.05. The molecular weight excluding hydrogens is 198 g/mol. The van der Waals surface area contributed by atoms with Gasteiger partial charge in [-0.2, -0.15) is 0 Å². The Morgan fingerprint density at radius 2 is 1.56 bits per heavy atom. The highest BCUT2D eigenvalue weighted by molar-refractivity contribution is 5.66. The molecule has 1 heterocycles. The molecule has 84 valence electrons. The van der Waals surface area contributed by atoms with Gasteiger partial charge in [-0.3, -0.25) is 0 Å². The van der Waals surface area contributed by atoms with E-state index in [-0.39, 0.29) is 0 Å². The number of aromatic nitrogens is 1. The van der Waals surface area contributed by atoms with Crippen LogP contribution in [0.1, 0.15) is 16.8 Å². The minimum Gasteiger partial charge on any atom is -0.497 e. The van der Waals surface area contributed by atoms with Crippen LogP contribution in [0.3, 0.4) is 0 Å². The van der Waals surface area contributed by atoms with E-state index >= 15 is 0 Å². The molecule has 2 heteroatoms. The summed E-state index contributed by atoms with van der Waals surface area (Å²) in [7, 11) is 1.68. The Kier molecular flexibility index (Phi) is 2.73. The number of nitrogens with one attached hydrogen (secondary N) is 1. The summed E-state index contributed by atoms with van der Waals surface area (Å²) >= 11 is 0. The van der Waals surface area contributed by atoms with Crippen molar-refractivity contribution < 1.29 is 4.74 Å². The van der Waals surface area contributed by atoms with Gasteiger partial charge in [0.15, 0.2) is 0 Å². The molecule has 1 aromatic carbocycles. The predicted molar refractivity (Wildman–Crippen MR) is 67.0 cm³/mol. The number of methoxy groups -OCH3 is 1. The van der Waals surface area contributed by atoms with Crippen molar-refractivity contribution in [3.63, 3.8) is 0 Å². The third-order valence-corrected chi connectivity index (χ3v) is 3.19. The molecule has 0 aliphatic rings. The fraction of sp³-hybridized carbons (Fsp3) is 0.286. The predicted octanol–water partition coefficient (Wildman–Crippen LogP) is 3.62. The average molecular weight is 215 g/mol. The average Bonchev–Trinajstić information content (AvgIpc) is 2.57. The van der Waals surface area contributed by atoms with Crippen LogP contribution in [0, 0.1) is 20.8 Å². The van der Waals surface area contributed by atoms with E-state index in [4.69, 9.17) is 4.74 Å². The Balaban J connectivity index is 2.46. The number of hydrogen-bond acceptors (Lipinski definition) is 1. The lowest BCUT2D eigenvalue weighted by atomic mass is 10.1. The fourth-order valence-electron chi connectivity index (χ4n) is 1.89. The van der Waals surface area contributed by atoms with Crippen LogP contribution in [-0.4, -0.2) is 12.1 Å². The van der Waals surface area contributed by atoms with Crippen molar-refractivity contribution in [2.45, 2.75) is 20.8 Å². The molecule has 1 N–H and O–H groups in total. The van der Waals surface area contributed by atoms with Crippen LogP contribution < -0.4 is 4.74 Å². The lowest BCUT2D eigenvalue weighted by molar-refractivity contribution is 0.415. The maximum absolute atomic E-state index is 5.15. The van der Waals surface area contributed by atoms with Crippen LogP contribution in [0.25, 0.3) is 11.3 Å². The lowest BCUT2D eigenvalue weighted by Gasteiger charge is -2.03. The highest BCUT2D eigenvalue weighted by Crippen LogP contribution is 2.27. The van der Waals surface area contributed by atoms with E-state index in [1.807, 2.05) is 12.1 Å². The van der Waals surface area contributed by atoms with Crippen molar-refractivity contribution in [2.75, 3.05) is 7.11 Å². The third-order valence-electron chi connectivity index (χ3n) is 3.19. The number of ether oxygens (including phenoxy) is 1. The number of rotatable bonds is 2. The highest BCUT2D eigenvalue weighted by Gasteiger charge is 2.09. The largest absolute Gasteiger partial charge is 0.497 e. The molecule has 0 aliphatic carbocycles. The first-order chi connectivity index (χ1) is 7.63. The van der Waals surface area contributed by atoms with Crippen molar-refractivity contribution in [3.05, 3.63) is 41.1 Å². The number of aromatic amines is 1. The molecule has 0 radical (unpaired) electrons. The Morgan fingerprint density at radius 3 is 2.00 bits per heavy atom. The second-order valence-electron chi connectivity index (χ2n) is 4.10. The van der Waals surface area contributed by atoms with Crippen LogP contribution in [-0.2, 0) is 0 Å². The van der Waals surface area contributed by atoms with Crippen molar-refractivity contribution in [2.24, 2.45) is 0 Å². The molecule has 0 atom stereocenters. The SMILES string of the molecule is COc1ccc(-c2[nH]c(C)c(C)c2C)cc1. The molecule has 0 spiro atoms. The zero-order valence-corrected chi connectivity index (χ0v) is 10.2. The summed E-state index contributed by atoms with van der Waals surface area (Å²) in [5, 5.41) is 0. The first-order valence-electron chi connectivity index (χ1n) is 5.43. The monoisotopic (exact) mass is 215 g/mol. The van der Waals surface area contributed by atoms with E-state index in [1.54, 1.807) is 7.11 Å². The van der Waals surface area contributed by atoms with Crippen LogP contribution in [0.15, 0.2) is 24.3 Å². The molecule has 1 aromatic heterocycles. The number of benzene rings is 1. The van der Waals surface area contributed by atoms with Crippen molar-refractivity contribution in [1.29, 1.82) is 0 Å². The maximum atomic E-state index is 5.15. The first kappa shape index (κ1) is 10.8. The van der Waals surface area contributed by atoms with Crippen LogP contribution in [0.2, 0.25) is 0 Å². The van der Waals surface area contributed by atoms with Gasteiger partial charge in [-0.25, -0.2) is 0 Å². The quantitative estimate of drug-likeness (QED) is 0.813. The lowest BCUT2D eigenvalue weighted by Crippen LogP contribution is -1.84. The Labute approximate surface area is 96.3 Å². The zero-order valence-electron chi connectivity index (χ0n) is 10.2. The van der Waals surface area contributed by atoms with E-state index in [0.29, 0.717) is 0 Å². The number of aryl methyl sites for hydroxylation is 1. The number of hydrogen-bond donors (Lipinski definition) is 1. The molecule has 0 unspecified atom stereocenters. The molecule has 0 saturated heterocycles. The van der Waals surface area contributed by atoms with Gasteiger partial charge in [0.05, 0.1) is 7.11 Å². The van der Waals surface area contributed by atoms with Gasteiger partial charge in [-0.1, -0.05) is 0 Å². The van der Waals surface area contributed by atoms with Crippen molar-refractivity contribution in [3.8, 4) is 17.0 Å². The number of H-pyrrole nitrogens is 1. The molecule has 0 fully saturated rings.